The number of alkyl halides is 7. The van der Waals surface area contributed by atoms with Gasteiger partial charge in [0.25, 0.3) is 11.8 Å². The van der Waals surface area contributed by atoms with Gasteiger partial charge in [-0.15, -0.1) is 0 Å². The van der Waals surface area contributed by atoms with E-state index in [-0.39, 0.29) is 43.9 Å². The van der Waals surface area contributed by atoms with Crippen molar-refractivity contribution < 1.29 is 45.4 Å². The molecule has 1 unspecified atom stereocenters. The van der Waals surface area contributed by atoms with E-state index < -0.39 is 67.4 Å². The summed E-state index contributed by atoms with van der Waals surface area (Å²) in [5, 5.41) is 16.8. The molecule has 1 aromatic carbocycles. The Bertz CT molecular complexity index is 1650. The van der Waals surface area contributed by atoms with Crippen LogP contribution in [0.25, 0.3) is 16.8 Å². The Kier molecular flexibility index (Phi) is 9.18. The summed E-state index contributed by atoms with van der Waals surface area (Å²) in [7, 11) is 0. The number of nitrogens with one attached hydrogen (secondary N) is 1. The lowest BCUT2D eigenvalue weighted by atomic mass is 9.96. The van der Waals surface area contributed by atoms with Crippen LogP contribution in [0.2, 0.25) is 0 Å². The first-order valence-electron chi connectivity index (χ1n) is 15.0. The highest BCUT2D eigenvalue weighted by Gasteiger charge is 2.60. The number of piperidine rings is 1. The maximum atomic E-state index is 14.9. The fourth-order valence-electron chi connectivity index (χ4n) is 6.20. The lowest BCUT2D eigenvalue weighted by Crippen LogP contribution is -2.57. The first-order chi connectivity index (χ1) is 21.9. The normalized spacial score (nSPS) is 21.3. The van der Waals surface area contributed by atoms with Crippen LogP contribution in [-0.2, 0) is 11.3 Å². The highest BCUT2D eigenvalue weighted by Crippen LogP contribution is 2.37. The zero-order valence-electron chi connectivity index (χ0n) is 25.5. The van der Waals surface area contributed by atoms with Gasteiger partial charge in [0.1, 0.15) is 18.0 Å². The van der Waals surface area contributed by atoms with Crippen molar-refractivity contribution in [2.45, 2.75) is 69.8 Å². The van der Waals surface area contributed by atoms with Crippen molar-refractivity contribution in [1.29, 1.82) is 0 Å². The van der Waals surface area contributed by atoms with Crippen LogP contribution in [-0.4, -0.2) is 97.7 Å². The second-order valence-electron chi connectivity index (χ2n) is 12.1. The number of aromatic nitrogens is 3. The van der Waals surface area contributed by atoms with Gasteiger partial charge in [-0.05, 0) is 62.5 Å². The Morgan fingerprint density at radius 1 is 1.09 bits per heavy atom. The Morgan fingerprint density at radius 3 is 2.38 bits per heavy atom. The molecule has 10 nitrogen and oxygen atoms in total. The number of anilines is 1. The third-order valence-corrected chi connectivity index (χ3v) is 9.07. The summed E-state index contributed by atoms with van der Waals surface area (Å²) in [4.78, 5) is 32.4. The molecule has 3 atom stereocenters. The first-order valence-corrected chi connectivity index (χ1v) is 15.0. The van der Waals surface area contributed by atoms with Crippen LogP contribution in [0.5, 0.6) is 0 Å². The molecule has 2 fully saturated rings. The van der Waals surface area contributed by atoms with E-state index >= 15 is 0 Å². The van der Waals surface area contributed by atoms with E-state index in [2.05, 4.69) is 15.4 Å². The molecule has 0 radical (unpaired) electrons. The average molecular weight is 674 g/mol. The molecule has 2 aliphatic heterocycles. The second kappa shape index (κ2) is 12.6. The molecule has 5 rings (SSSR count). The number of nitrogens with two attached hydrogens (primary N) is 1. The van der Waals surface area contributed by atoms with Gasteiger partial charge in [0.2, 0.25) is 5.60 Å². The van der Waals surface area contributed by atoms with Crippen LogP contribution in [0.15, 0.2) is 30.6 Å². The van der Waals surface area contributed by atoms with Gasteiger partial charge in [-0.3, -0.25) is 14.5 Å². The fourth-order valence-corrected chi connectivity index (χ4v) is 6.20. The highest BCUT2D eigenvalue weighted by atomic mass is 19.4. The van der Waals surface area contributed by atoms with Crippen molar-refractivity contribution in [3.8, 4) is 11.3 Å². The van der Waals surface area contributed by atoms with Gasteiger partial charge in [-0.1, -0.05) is 19.1 Å². The van der Waals surface area contributed by atoms with Crippen molar-refractivity contribution in [2.75, 3.05) is 31.9 Å². The summed E-state index contributed by atoms with van der Waals surface area (Å²) < 4.78 is 96.3. The summed E-state index contributed by atoms with van der Waals surface area (Å²) in [5.41, 5.74) is 5.23. The van der Waals surface area contributed by atoms with Gasteiger partial charge in [0.15, 0.2) is 5.82 Å². The highest BCUT2D eigenvalue weighted by molar-refractivity contribution is 5.97. The van der Waals surface area contributed by atoms with E-state index in [0.29, 0.717) is 32.8 Å². The van der Waals surface area contributed by atoms with Crippen LogP contribution in [0, 0.1) is 12.8 Å². The van der Waals surface area contributed by atoms with E-state index in [1.807, 2.05) is 4.90 Å². The molecule has 0 aliphatic carbocycles. The number of hydrogen-bond acceptors (Lipinski definition) is 7. The molecule has 4 heterocycles. The summed E-state index contributed by atoms with van der Waals surface area (Å²) in [6.45, 7) is 2.04. The summed E-state index contributed by atoms with van der Waals surface area (Å²) in [5.74, 6) is -3.64. The van der Waals surface area contributed by atoms with Crippen LogP contribution >= 0.6 is 0 Å². The molecule has 17 heteroatoms. The van der Waals surface area contributed by atoms with Crippen LogP contribution in [0.1, 0.15) is 47.7 Å². The molecule has 256 valence electrons. The van der Waals surface area contributed by atoms with E-state index in [4.69, 9.17) is 5.73 Å². The van der Waals surface area contributed by atoms with E-state index in [0.717, 1.165) is 6.92 Å². The standard InChI is InChI=1S/C30H34F7N7O3/c1-3-28(47,30(35,36)37)27(46)43-13-21(31)22(14-43)41-26(45)20-10-17(5-4-16(20)2)23-11-18(24-25(38)39-15-40-44(23)24)12-42-8-6-19(7-9-42)29(32,33)34/h4-5,10-11,15,19,21-22,47H,3,6-9,12-14H2,1-2H3,(H,41,45)(H2,38,39,40)/t21-,22+,28?/m0/s1. The molecule has 0 saturated carbocycles. The molecule has 2 aromatic heterocycles. The molecule has 4 N–H and O–H groups in total. The maximum absolute atomic E-state index is 14.9. The van der Waals surface area contributed by atoms with Gasteiger partial charge < -0.3 is 21.1 Å². The molecule has 0 bridgehead atoms. The molecular weight excluding hydrogens is 639 g/mol. The average Bonchev–Trinajstić information content (AvgIpc) is 3.56. The van der Waals surface area contributed by atoms with Crippen LogP contribution < -0.4 is 11.1 Å². The van der Waals surface area contributed by atoms with Crippen molar-refractivity contribution in [2.24, 2.45) is 5.92 Å². The Hall–Kier alpha value is -3.99. The zero-order chi connectivity index (χ0) is 34.5. The minimum absolute atomic E-state index is 0.0288. The van der Waals surface area contributed by atoms with E-state index in [9.17, 15) is 45.4 Å². The summed E-state index contributed by atoms with van der Waals surface area (Å²) in [6.07, 6.45) is -11.2. The van der Waals surface area contributed by atoms with E-state index in [1.165, 1.54) is 16.9 Å². The number of likely N-dealkylation sites (tertiary alicyclic amines) is 2. The molecule has 2 aliphatic rings. The predicted molar refractivity (Wildman–Crippen MR) is 156 cm³/mol. The number of benzene rings is 1. The molecule has 2 saturated heterocycles. The Morgan fingerprint density at radius 2 is 1.77 bits per heavy atom. The predicted octanol–water partition coefficient (Wildman–Crippen LogP) is 4.04. The van der Waals surface area contributed by atoms with Gasteiger partial charge in [-0.25, -0.2) is 13.9 Å². The largest absolute Gasteiger partial charge is 0.426 e. The second-order valence-corrected chi connectivity index (χ2v) is 12.1. The third-order valence-electron chi connectivity index (χ3n) is 9.07. The number of carbonyl (C=O) groups excluding carboxylic acids is 2. The molecule has 2 amide bonds. The number of nitrogens with zero attached hydrogens (tertiary/aromatic N) is 5. The van der Waals surface area contributed by atoms with Gasteiger partial charge in [0, 0.05) is 24.2 Å². The van der Waals surface area contributed by atoms with Gasteiger partial charge in [-0.2, -0.15) is 31.4 Å². The number of hydrogen-bond donors (Lipinski definition) is 3. The quantitative estimate of drug-likeness (QED) is 0.323. The van der Waals surface area contributed by atoms with Crippen molar-refractivity contribution in [3.05, 3.63) is 47.3 Å². The van der Waals surface area contributed by atoms with Crippen molar-refractivity contribution >= 4 is 23.1 Å². The smallest absolute Gasteiger partial charge is 0.382 e. The number of rotatable bonds is 7. The molecule has 47 heavy (non-hydrogen) atoms. The lowest BCUT2D eigenvalue weighted by molar-refractivity contribution is -0.256. The van der Waals surface area contributed by atoms with Gasteiger partial charge in [0.05, 0.1) is 24.2 Å². The monoisotopic (exact) mass is 673 g/mol. The number of carbonyl (C=O) groups is 2. The number of halogens is 7. The van der Waals surface area contributed by atoms with Crippen molar-refractivity contribution in [1.82, 2.24) is 29.7 Å². The Balaban J connectivity index is 1.36. The van der Waals surface area contributed by atoms with Crippen LogP contribution in [0.4, 0.5) is 36.6 Å². The number of fused-ring (bicyclic) bond motifs is 1. The lowest BCUT2D eigenvalue weighted by Gasteiger charge is -2.32. The fraction of sp³-hybridized carbons (Fsp3) is 0.533. The maximum Gasteiger partial charge on any atom is 0.426 e. The number of aryl methyl sites for hydroxylation is 1. The number of nitrogen functional groups attached to an aromatic ring is 1. The summed E-state index contributed by atoms with van der Waals surface area (Å²) >= 11 is 0. The topological polar surface area (TPSA) is 129 Å². The van der Waals surface area contributed by atoms with Crippen LogP contribution in [0.3, 0.4) is 0 Å². The number of amides is 2. The summed E-state index contributed by atoms with van der Waals surface area (Å²) in [6, 6.07) is 5.29. The van der Waals surface area contributed by atoms with Crippen molar-refractivity contribution in [3.63, 3.8) is 0 Å². The number of aliphatic hydroxyl groups is 1. The van der Waals surface area contributed by atoms with E-state index in [1.54, 1.807) is 25.1 Å². The first kappa shape index (κ1) is 34.3. The minimum Gasteiger partial charge on any atom is -0.382 e. The third kappa shape index (κ3) is 6.59. The molecular formula is C30H34F7N7O3. The Labute approximate surface area is 264 Å². The minimum atomic E-state index is -5.27. The zero-order valence-corrected chi connectivity index (χ0v) is 25.5. The van der Waals surface area contributed by atoms with Gasteiger partial charge >= 0.3 is 12.4 Å². The SMILES string of the molecule is CCC(O)(C(=O)N1C[C@H](F)[C@H](NC(=O)c2cc(-c3cc(CN4CCC(C(F)(F)F)CC4)c4c(N)ncnn34)ccc2C)C1)C(F)(F)F. The molecule has 0 spiro atoms. The molecule has 3 aromatic rings.